The molecule has 1 aliphatic heterocycles. The average Bonchev–Trinajstić information content (AvgIpc) is 2.67. The van der Waals surface area contributed by atoms with Crippen molar-refractivity contribution in [2.75, 3.05) is 6.61 Å². The summed E-state index contributed by atoms with van der Waals surface area (Å²) < 4.78 is 11.4. The monoisotopic (exact) mass is 250 g/mol. The minimum atomic E-state index is -0.784. The van der Waals surface area contributed by atoms with E-state index in [2.05, 4.69) is 0 Å². The van der Waals surface area contributed by atoms with Gasteiger partial charge in [0.2, 0.25) is 0 Å². The molecular formula is C14H18O4. The van der Waals surface area contributed by atoms with Crippen LogP contribution in [0, 0.1) is 0 Å². The lowest BCUT2D eigenvalue weighted by molar-refractivity contribution is -0.139. The van der Waals surface area contributed by atoms with Gasteiger partial charge in [0, 0.05) is 6.42 Å². The van der Waals surface area contributed by atoms with Crippen LogP contribution in [-0.4, -0.2) is 23.5 Å². The van der Waals surface area contributed by atoms with Crippen LogP contribution >= 0.6 is 0 Å². The van der Waals surface area contributed by atoms with Gasteiger partial charge < -0.3 is 14.6 Å². The fourth-order valence-corrected chi connectivity index (χ4v) is 2.16. The van der Waals surface area contributed by atoms with Crippen molar-refractivity contribution in [1.82, 2.24) is 0 Å². The van der Waals surface area contributed by atoms with Gasteiger partial charge in [-0.3, -0.25) is 4.79 Å². The van der Waals surface area contributed by atoms with E-state index in [1.165, 1.54) is 0 Å². The number of carboxylic acids is 1. The maximum atomic E-state index is 10.7. The van der Waals surface area contributed by atoms with Crippen molar-refractivity contribution in [3.63, 3.8) is 0 Å². The van der Waals surface area contributed by atoms with E-state index in [1.807, 2.05) is 38.1 Å². The molecule has 1 unspecified atom stereocenters. The second kappa shape index (κ2) is 5.08. The summed E-state index contributed by atoms with van der Waals surface area (Å²) in [4.78, 5) is 10.7. The first kappa shape index (κ1) is 13.1. The van der Waals surface area contributed by atoms with E-state index >= 15 is 0 Å². The van der Waals surface area contributed by atoms with Crippen LogP contribution in [0.4, 0.5) is 0 Å². The zero-order valence-corrected chi connectivity index (χ0v) is 10.7. The molecule has 18 heavy (non-hydrogen) atoms. The fraction of sp³-hybridized carbons (Fsp3) is 0.500. The number of ether oxygens (including phenoxy) is 2. The Balaban J connectivity index is 2.15. The Morgan fingerprint density at radius 2 is 2.17 bits per heavy atom. The van der Waals surface area contributed by atoms with Crippen molar-refractivity contribution < 1.29 is 19.4 Å². The summed E-state index contributed by atoms with van der Waals surface area (Å²) in [5.41, 5.74) is 2.05. The summed E-state index contributed by atoms with van der Waals surface area (Å²) >= 11 is 0. The van der Waals surface area contributed by atoms with E-state index in [-0.39, 0.29) is 12.5 Å². The molecule has 1 fully saturated rings. The van der Waals surface area contributed by atoms with Gasteiger partial charge in [-0.1, -0.05) is 24.3 Å². The maximum absolute atomic E-state index is 10.7. The van der Waals surface area contributed by atoms with E-state index < -0.39 is 11.8 Å². The first-order valence-corrected chi connectivity index (χ1v) is 6.09. The number of hydrogen-bond donors (Lipinski definition) is 1. The van der Waals surface area contributed by atoms with Crippen LogP contribution in [0.1, 0.15) is 37.5 Å². The van der Waals surface area contributed by atoms with Gasteiger partial charge in [-0.05, 0) is 31.4 Å². The molecule has 0 aromatic heterocycles. The Morgan fingerprint density at radius 1 is 1.44 bits per heavy atom. The second-order valence-electron chi connectivity index (χ2n) is 4.91. The molecule has 4 heteroatoms. The molecule has 0 saturated carbocycles. The number of benzene rings is 1. The van der Waals surface area contributed by atoms with Crippen LogP contribution in [0.2, 0.25) is 0 Å². The number of carboxylic acid groups (broad SMARTS) is 1. The Kier molecular flexibility index (Phi) is 3.68. The standard InChI is InChI=1S/C14H18O4/c1-14(2)17-9-12(18-14)11-6-4-3-5-10(11)7-8-13(15)16/h3-6,12H,7-9H2,1-2H3,(H,15,16). The number of carbonyl (C=O) groups is 1. The third-order valence-electron chi connectivity index (χ3n) is 3.02. The highest BCUT2D eigenvalue weighted by atomic mass is 16.7. The van der Waals surface area contributed by atoms with Crippen molar-refractivity contribution in [3.05, 3.63) is 35.4 Å². The van der Waals surface area contributed by atoms with Crippen molar-refractivity contribution in [2.45, 2.75) is 38.6 Å². The summed E-state index contributed by atoms with van der Waals surface area (Å²) in [6.07, 6.45) is 0.546. The number of hydrogen-bond acceptors (Lipinski definition) is 3. The Morgan fingerprint density at radius 3 is 2.78 bits per heavy atom. The maximum Gasteiger partial charge on any atom is 0.303 e. The summed E-state index contributed by atoms with van der Waals surface area (Å²) in [6.45, 7) is 4.27. The number of rotatable bonds is 4. The van der Waals surface area contributed by atoms with Gasteiger partial charge in [0.25, 0.3) is 0 Å². The molecule has 4 nitrogen and oxygen atoms in total. The van der Waals surface area contributed by atoms with Gasteiger partial charge >= 0.3 is 5.97 Å². The number of aliphatic carboxylic acids is 1. The van der Waals surface area contributed by atoms with Crippen LogP contribution in [0.25, 0.3) is 0 Å². The Hall–Kier alpha value is -1.39. The highest BCUT2D eigenvalue weighted by molar-refractivity contribution is 5.67. The van der Waals surface area contributed by atoms with Crippen molar-refractivity contribution in [2.24, 2.45) is 0 Å². The fourth-order valence-electron chi connectivity index (χ4n) is 2.16. The highest BCUT2D eigenvalue weighted by Gasteiger charge is 2.34. The van der Waals surface area contributed by atoms with Crippen LogP contribution in [-0.2, 0) is 20.7 Å². The molecule has 1 aromatic rings. The van der Waals surface area contributed by atoms with Gasteiger partial charge in [0.1, 0.15) is 6.10 Å². The first-order valence-electron chi connectivity index (χ1n) is 6.09. The molecule has 1 saturated heterocycles. The Labute approximate surface area is 107 Å². The van der Waals surface area contributed by atoms with Gasteiger partial charge in [-0.15, -0.1) is 0 Å². The van der Waals surface area contributed by atoms with Gasteiger partial charge in [-0.25, -0.2) is 0 Å². The zero-order valence-electron chi connectivity index (χ0n) is 10.7. The van der Waals surface area contributed by atoms with Crippen LogP contribution in [0.15, 0.2) is 24.3 Å². The molecule has 0 radical (unpaired) electrons. The molecule has 1 aromatic carbocycles. The first-order chi connectivity index (χ1) is 8.48. The smallest absolute Gasteiger partial charge is 0.303 e. The van der Waals surface area contributed by atoms with Crippen molar-refractivity contribution >= 4 is 5.97 Å². The second-order valence-corrected chi connectivity index (χ2v) is 4.91. The molecular weight excluding hydrogens is 232 g/mol. The van der Waals surface area contributed by atoms with E-state index in [4.69, 9.17) is 14.6 Å². The topological polar surface area (TPSA) is 55.8 Å². The molecule has 0 aliphatic carbocycles. The molecule has 1 N–H and O–H groups in total. The highest BCUT2D eigenvalue weighted by Crippen LogP contribution is 2.34. The third kappa shape index (κ3) is 3.09. The van der Waals surface area contributed by atoms with E-state index in [1.54, 1.807) is 0 Å². The van der Waals surface area contributed by atoms with Gasteiger partial charge in [0.05, 0.1) is 6.61 Å². The molecule has 0 spiro atoms. The van der Waals surface area contributed by atoms with E-state index in [0.29, 0.717) is 13.0 Å². The van der Waals surface area contributed by atoms with Crippen LogP contribution in [0.5, 0.6) is 0 Å². The van der Waals surface area contributed by atoms with E-state index in [9.17, 15) is 4.79 Å². The van der Waals surface area contributed by atoms with Gasteiger partial charge in [-0.2, -0.15) is 0 Å². The normalized spacial score (nSPS) is 22.0. The number of aryl methyl sites for hydroxylation is 1. The minimum absolute atomic E-state index is 0.106. The lowest BCUT2D eigenvalue weighted by atomic mass is 9.99. The molecule has 1 atom stereocenters. The minimum Gasteiger partial charge on any atom is -0.481 e. The molecule has 1 aliphatic rings. The Bertz CT molecular complexity index is 439. The van der Waals surface area contributed by atoms with Crippen LogP contribution in [0.3, 0.4) is 0 Å². The van der Waals surface area contributed by atoms with Gasteiger partial charge in [0.15, 0.2) is 5.79 Å². The average molecular weight is 250 g/mol. The summed E-state index contributed by atoms with van der Waals surface area (Å²) in [6, 6.07) is 7.79. The molecule has 0 amide bonds. The molecule has 1 heterocycles. The molecule has 0 bridgehead atoms. The summed E-state index contributed by atoms with van der Waals surface area (Å²) in [5, 5.41) is 8.76. The summed E-state index contributed by atoms with van der Waals surface area (Å²) in [5.74, 6) is -1.35. The molecule has 2 rings (SSSR count). The lowest BCUT2D eigenvalue weighted by Crippen LogP contribution is -2.19. The summed E-state index contributed by atoms with van der Waals surface area (Å²) in [7, 11) is 0. The quantitative estimate of drug-likeness (QED) is 0.892. The molecule has 98 valence electrons. The predicted octanol–water partition coefficient (Wildman–Crippen LogP) is 2.53. The van der Waals surface area contributed by atoms with E-state index in [0.717, 1.165) is 11.1 Å². The van der Waals surface area contributed by atoms with Crippen molar-refractivity contribution in [1.29, 1.82) is 0 Å². The SMILES string of the molecule is CC1(C)OCC(c2ccccc2CCC(=O)O)O1. The lowest BCUT2D eigenvalue weighted by Gasteiger charge is -2.18. The van der Waals surface area contributed by atoms with Crippen molar-refractivity contribution in [3.8, 4) is 0 Å². The predicted molar refractivity (Wildman–Crippen MR) is 66.3 cm³/mol. The largest absolute Gasteiger partial charge is 0.481 e. The third-order valence-corrected chi connectivity index (χ3v) is 3.02. The zero-order chi connectivity index (χ0) is 13.2. The van der Waals surface area contributed by atoms with Crippen LogP contribution < -0.4 is 0 Å².